The Morgan fingerprint density at radius 2 is 1.38 bits per heavy atom. The Balaban J connectivity index is 1.61. The molecule has 3 aromatic rings. The highest BCUT2D eigenvalue weighted by atomic mass is 16.5. The van der Waals surface area contributed by atoms with E-state index in [0.717, 1.165) is 5.69 Å². The van der Waals surface area contributed by atoms with Crippen molar-refractivity contribution in [1.82, 2.24) is 4.90 Å². The zero-order valence-corrected chi connectivity index (χ0v) is 23.1. The summed E-state index contributed by atoms with van der Waals surface area (Å²) < 4.78 is 16.3. The van der Waals surface area contributed by atoms with Crippen LogP contribution in [0.1, 0.15) is 22.8 Å². The molecule has 40 heavy (non-hydrogen) atoms. The maximum absolute atomic E-state index is 13.8. The molecule has 0 spiro atoms. The summed E-state index contributed by atoms with van der Waals surface area (Å²) in [6, 6.07) is 19.7. The lowest BCUT2D eigenvalue weighted by Crippen LogP contribution is -2.50. The number of methoxy groups -OCH3 is 3. The van der Waals surface area contributed by atoms with Gasteiger partial charge in [0.2, 0.25) is 0 Å². The molecule has 0 atom stereocenters. The lowest BCUT2D eigenvalue weighted by atomic mass is 10.1. The third-order valence-corrected chi connectivity index (χ3v) is 6.75. The van der Waals surface area contributed by atoms with Gasteiger partial charge < -0.3 is 29.3 Å². The van der Waals surface area contributed by atoms with Crippen molar-refractivity contribution >= 4 is 35.0 Å². The van der Waals surface area contributed by atoms with Crippen molar-refractivity contribution in [3.8, 4) is 17.2 Å². The quantitative estimate of drug-likeness (QED) is 0.186. The second-order valence-electron chi connectivity index (χ2n) is 9.21. The van der Waals surface area contributed by atoms with Gasteiger partial charge in [-0.2, -0.15) is 0 Å². The number of para-hydroxylation sites is 1. The molecule has 0 unspecified atom stereocenters. The molecule has 1 fully saturated rings. The number of ether oxygens (including phenoxy) is 3. The highest BCUT2D eigenvalue weighted by Crippen LogP contribution is 2.36. The number of piperazine rings is 1. The average Bonchev–Trinajstić information content (AvgIpc) is 2.99. The fourth-order valence-corrected chi connectivity index (χ4v) is 4.51. The molecule has 0 aliphatic carbocycles. The van der Waals surface area contributed by atoms with Crippen molar-refractivity contribution in [3.05, 3.63) is 83.4 Å². The van der Waals surface area contributed by atoms with Gasteiger partial charge in [-0.15, -0.1) is 0 Å². The van der Waals surface area contributed by atoms with E-state index in [-0.39, 0.29) is 11.4 Å². The lowest BCUT2D eigenvalue weighted by molar-refractivity contribution is -0.129. The number of anilines is 2. The highest BCUT2D eigenvalue weighted by molar-refractivity contribution is 6.25. The first-order chi connectivity index (χ1) is 19.3. The van der Waals surface area contributed by atoms with Crippen LogP contribution < -0.4 is 24.4 Å². The van der Waals surface area contributed by atoms with Gasteiger partial charge in [-0.1, -0.05) is 18.2 Å². The van der Waals surface area contributed by atoms with Gasteiger partial charge in [-0.25, -0.2) is 0 Å². The normalized spacial score (nSPS) is 13.4. The molecule has 0 bridgehead atoms. The zero-order chi connectivity index (χ0) is 28.6. The molecule has 0 saturated carbocycles. The summed E-state index contributed by atoms with van der Waals surface area (Å²) in [7, 11) is 4.54. The van der Waals surface area contributed by atoms with Crippen LogP contribution in [0.5, 0.6) is 17.2 Å². The Hall–Kier alpha value is -4.79. The van der Waals surface area contributed by atoms with Gasteiger partial charge in [0.05, 0.1) is 21.3 Å². The molecule has 9 nitrogen and oxygen atoms in total. The van der Waals surface area contributed by atoms with Gasteiger partial charge in [0, 0.05) is 54.7 Å². The predicted octanol–water partition coefficient (Wildman–Crippen LogP) is 4.29. The van der Waals surface area contributed by atoms with Gasteiger partial charge in [0.1, 0.15) is 11.3 Å². The molecule has 1 heterocycles. The van der Waals surface area contributed by atoms with E-state index in [1.165, 1.54) is 34.3 Å². The van der Waals surface area contributed by atoms with E-state index >= 15 is 0 Å². The van der Waals surface area contributed by atoms with Crippen molar-refractivity contribution in [2.75, 3.05) is 57.7 Å². The van der Waals surface area contributed by atoms with Gasteiger partial charge in [-0.3, -0.25) is 14.4 Å². The molecule has 1 saturated heterocycles. The second-order valence-corrected chi connectivity index (χ2v) is 9.21. The zero-order valence-electron chi connectivity index (χ0n) is 23.1. The van der Waals surface area contributed by atoms with Crippen LogP contribution in [0.15, 0.2) is 72.3 Å². The van der Waals surface area contributed by atoms with Crippen molar-refractivity contribution in [2.24, 2.45) is 0 Å². The molecule has 4 rings (SSSR count). The van der Waals surface area contributed by atoms with Crippen LogP contribution in [0, 0.1) is 0 Å². The van der Waals surface area contributed by atoms with Crippen LogP contribution in [-0.2, 0) is 9.59 Å². The molecule has 1 N–H and O–H groups in total. The number of benzene rings is 3. The Bertz CT molecular complexity index is 1390. The standard InChI is InChI=1S/C31H33N3O6/c1-21(35)22-10-12-25(13-11-22)33-14-16-34(17-15-33)31(37)26(30(36)32-24-8-6-5-7-9-24)18-23-19-28(39-3)29(40-4)20-27(23)38-2/h5-13,18-20H,14-17H2,1-4H3,(H,32,36). The summed E-state index contributed by atoms with van der Waals surface area (Å²) in [4.78, 5) is 42.7. The molecule has 208 valence electrons. The first-order valence-electron chi connectivity index (χ1n) is 12.9. The summed E-state index contributed by atoms with van der Waals surface area (Å²) in [6.45, 7) is 3.55. The monoisotopic (exact) mass is 543 g/mol. The summed E-state index contributed by atoms with van der Waals surface area (Å²) in [6.07, 6.45) is 1.52. The van der Waals surface area contributed by atoms with E-state index in [9.17, 15) is 14.4 Å². The topological polar surface area (TPSA) is 97.4 Å². The van der Waals surface area contributed by atoms with E-state index in [4.69, 9.17) is 14.2 Å². The number of hydrogen-bond donors (Lipinski definition) is 1. The van der Waals surface area contributed by atoms with Crippen molar-refractivity contribution in [2.45, 2.75) is 6.92 Å². The lowest BCUT2D eigenvalue weighted by Gasteiger charge is -2.36. The minimum Gasteiger partial charge on any atom is -0.496 e. The van der Waals surface area contributed by atoms with Crippen LogP contribution in [-0.4, -0.2) is 70.0 Å². The van der Waals surface area contributed by atoms with E-state index in [2.05, 4.69) is 10.2 Å². The van der Waals surface area contributed by atoms with Gasteiger partial charge in [-0.05, 0) is 55.5 Å². The first-order valence-corrected chi connectivity index (χ1v) is 12.9. The molecular weight excluding hydrogens is 510 g/mol. The molecule has 1 aliphatic rings. The number of nitrogens with zero attached hydrogens (tertiary/aromatic N) is 2. The molecule has 9 heteroatoms. The number of carbonyl (C=O) groups is 3. The SMILES string of the molecule is COc1cc(OC)c(OC)cc1C=C(C(=O)Nc1ccccc1)C(=O)N1CCN(c2ccc(C(C)=O)cc2)CC1. The number of ketones is 1. The van der Waals surface area contributed by atoms with E-state index in [1.807, 2.05) is 18.2 Å². The maximum atomic E-state index is 13.8. The maximum Gasteiger partial charge on any atom is 0.261 e. The van der Waals surface area contributed by atoms with E-state index < -0.39 is 11.8 Å². The molecule has 0 aromatic heterocycles. The number of amides is 2. The molecule has 1 aliphatic heterocycles. The highest BCUT2D eigenvalue weighted by Gasteiger charge is 2.28. The fraction of sp³-hybridized carbons (Fsp3) is 0.258. The first kappa shape index (κ1) is 28.2. The number of carbonyl (C=O) groups excluding carboxylic acids is 3. The molecule has 0 radical (unpaired) electrons. The number of nitrogens with one attached hydrogen (secondary N) is 1. The summed E-state index contributed by atoms with van der Waals surface area (Å²) in [5.74, 6) is 0.419. The third kappa shape index (κ3) is 6.43. The minimum atomic E-state index is -0.532. The van der Waals surface area contributed by atoms with Gasteiger partial charge in [0.25, 0.3) is 11.8 Å². The Labute approximate surface area is 233 Å². The van der Waals surface area contributed by atoms with Crippen LogP contribution in [0.4, 0.5) is 11.4 Å². The third-order valence-electron chi connectivity index (χ3n) is 6.75. The van der Waals surface area contributed by atoms with Gasteiger partial charge in [0.15, 0.2) is 17.3 Å². The van der Waals surface area contributed by atoms with E-state index in [1.54, 1.807) is 53.4 Å². The van der Waals surface area contributed by atoms with Crippen molar-refractivity contribution < 1.29 is 28.6 Å². The summed E-state index contributed by atoms with van der Waals surface area (Å²) in [5.41, 5.74) is 2.67. The minimum absolute atomic E-state index is 0.0150. The largest absolute Gasteiger partial charge is 0.496 e. The molecular formula is C31H33N3O6. The van der Waals surface area contributed by atoms with Crippen LogP contribution >= 0.6 is 0 Å². The smallest absolute Gasteiger partial charge is 0.261 e. The Morgan fingerprint density at radius 3 is 1.95 bits per heavy atom. The van der Waals surface area contributed by atoms with Crippen LogP contribution in [0.3, 0.4) is 0 Å². The Kier molecular flexibility index (Phi) is 9.06. The fourth-order valence-electron chi connectivity index (χ4n) is 4.51. The number of hydrogen-bond acceptors (Lipinski definition) is 7. The summed E-state index contributed by atoms with van der Waals surface area (Å²) in [5, 5.41) is 2.83. The van der Waals surface area contributed by atoms with Crippen LogP contribution in [0.2, 0.25) is 0 Å². The van der Waals surface area contributed by atoms with Crippen molar-refractivity contribution in [3.63, 3.8) is 0 Å². The Morgan fingerprint density at radius 1 is 0.775 bits per heavy atom. The van der Waals surface area contributed by atoms with E-state index in [0.29, 0.717) is 60.2 Å². The van der Waals surface area contributed by atoms with Crippen LogP contribution in [0.25, 0.3) is 6.08 Å². The van der Waals surface area contributed by atoms with Gasteiger partial charge >= 0.3 is 0 Å². The van der Waals surface area contributed by atoms with Crippen molar-refractivity contribution in [1.29, 1.82) is 0 Å². The summed E-state index contributed by atoms with van der Waals surface area (Å²) >= 11 is 0. The molecule has 3 aromatic carbocycles. The number of Topliss-reactive ketones (excluding diaryl/α,β-unsaturated/α-hetero) is 1. The number of rotatable bonds is 9. The molecule has 2 amide bonds. The second kappa shape index (κ2) is 12.8. The predicted molar refractivity (Wildman–Crippen MR) is 154 cm³/mol. The average molecular weight is 544 g/mol.